The Morgan fingerprint density at radius 1 is 1.07 bits per heavy atom. The highest BCUT2D eigenvalue weighted by Crippen LogP contribution is 2.46. The molecule has 0 spiro atoms. The van der Waals surface area contributed by atoms with Crippen LogP contribution in [0.25, 0.3) is 16.0 Å². The monoisotopic (exact) mass is 632 g/mol. The van der Waals surface area contributed by atoms with Crippen LogP contribution in [0.2, 0.25) is 5.02 Å². The van der Waals surface area contributed by atoms with Crippen LogP contribution >= 0.6 is 22.9 Å². The van der Waals surface area contributed by atoms with E-state index >= 15 is 0 Å². The normalized spacial score (nSPS) is 19.0. The van der Waals surface area contributed by atoms with Crippen molar-refractivity contribution in [2.24, 2.45) is 0 Å². The number of thiazole rings is 1. The number of hydrogen-bond acceptors (Lipinski definition) is 8. The first kappa shape index (κ1) is 30.0. The van der Waals surface area contributed by atoms with Crippen molar-refractivity contribution in [2.75, 3.05) is 18.1 Å². The summed E-state index contributed by atoms with van der Waals surface area (Å²) in [5.74, 6) is -0.0291. The van der Waals surface area contributed by atoms with E-state index in [0.29, 0.717) is 57.9 Å². The molecule has 6 rings (SSSR count). The number of Topliss-reactive ketones (excluding diaryl/α,β-unsaturated/α-hetero) is 1. The molecule has 2 atom stereocenters. The van der Waals surface area contributed by atoms with Gasteiger partial charge in [0.25, 0.3) is 5.78 Å². The SMILES string of the molecule is CCCCCOc1ccc(C2/C(=C(\O)c3ccc4c(c3)CC(C)O4)C(=O)C(=O)N2c2nc3ccc(Cl)cc3s2)cc1OCC. The van der Waals surface area contributed by atoms with Crippen molar-refractivity contribution in [3.63, 3.8) is 0 Å². The van der Waals surface area contributed by atoms with Crippen LogP contribution in [-0.2, 0) is 16.0 Å². The largest absolute Gasteiger partial charge is 0.507 e. The lowest BCUT2D eigenvalue weighted by atomic mass is 9.94. The standard InChI is InChI=1S/C34H33ClN2O6S/c1-4-6-7-14-42-26-13-8-20(17-27(26)41-5-2)30-29(31(38)21-9-12-25-22(16-21)15-19(3)43-25)32(39)33(40)37(30)34-36-24-11-10-23(35)18-28(24)44-34/h8-13,16-19,30,38H,4-7,14-15H2,1-3H3/b31-29+. The van der Waals surface area contributed by atoms with Crippen LogP contribution in [0.1, 0.15) is 62.8 Å². The lowest BCUT2D eigenvalue weighted by molar-refractivity contribution is -0.132. The molecule has 0 bridgehead atoms. The van der Waals surface area contributed by atoms with E-state index in [1.54, 1.807) is 48.5 Å². The van der Waals surface area contributed by atoms with Gasteiger partial charge in [0.1, 0.15) is 17.6 Å². The molecule has 10 heteroatoms. The molecule has 3 aromatic carbocycles. The number of amides is 1. The Bertz CT molecular complexity index is 1780. The molecule has 1 fully saturated rings. The van der Waals surface area contributed by atoms with E-state index in [9.17, 15) is 14.7 Å². The highest BCUT2D eigenvalue weighted by atomic mass is 35.5. The molecule has 8 nitrogen and oxygen atoms in total. The number of aliphatic hydroxyl groups is 1. The number of halogens is 1. The van der Waals surface area contributed by atoms with E-state index in [1.165, 1.54) is 16.2 Å². The summed E-state index contributed by atoms with van der Waals surface area (Å²) in [4.78, 5) is 33.6. The van der Waals surface area contributed by atoms with Crippen molar-refractivity contribution in [1.82, 2.24) is 4.98 Å². The van der Waals surface area contributed by atoms with Crippen molar-refractivity contribution >= 4 is 55.7 Å². The molecular formula is C34H33ClN2O6S. The Morgan fingerprint density at radius 2 is 1.91 bits per heavy atom. The van der Waals surface area contributed by atoms with Crippen LogP contribution in [0.5, 0.6) is 17.2 Å². The van der Waals surface area contributed by atoms with E-state index in [4.69, 9.17) is 25.8 Å². The molecule has 0 aliphatic carbocycles. The zero-order valence-corrected chi connectivity index (χ0v) is 26.3. The average molecular weight is 633 g/mol. The van der Waals surface area contributed by atoms with Crippen molar-refractivity contribution in [2.45, 2.75) is 58.6 Å². The van der Waals surface area contributed by atoms with Crippen LogP contribution in [0.15, 0.2) is 60.2 Å². The van der Waals surface area contributed by atoms with Gasteiger partial charge in [-0.25, -0.2) is 4.98 Å². The third-order valence-corrected chi connectivity index (χ3v) is 9.00. The highest BCUT2D eigenvalue weighted by Gasteiger charge is 2.48. The molecule has 228 valence electrons. The molecule has 3 heterocycles. The number of aliphatic hydroxyl groups excluding tert-OH is 1. The van der Waals surface area contributed by atoms with Gasteiger partial charge in [-0.2, -0.15) is 0 Å². The molecule has 0 saturated carbocycles. The van der Waals surface area contributed by atoms with Crippen LogP contribution in [0.4, 0.5) is 5.13 Å². The zero-order valence-electron chi connectivity index (χ0n) is 24.8. The number of rotatable bonds is 10. The van der Waals surface area contributed by atoms with Crippen LogP contribution < -0.4 is 19.1 Å². The van der Waals surface area contributed by atoms with Crippen LogP contribution in [-0.4, -0.2) is 41.1 Å². The third-order valence-electron chi connectivity index (χ3n) is 7.75. The number of carbonyl (C=O) groups is 2. The van der Waals surface area contributed by atoms with Crippen LogP contribution in [0.3, 0.4) is 0 Å². The maximum Gasteiger partial charge on any atom is 0.301 e. The van der Waals surface area contributed by atoms with Gasteiger partial charge in [-0.15, -0.1) is 0 Å². The first-order valence-corrected chi connectivity index (χ1v) is 16.0. The molecule has 2 unspecified atom stereocenters. The average Bonchev–Trinajstić information content (AvgIpc) is 3.67. The molecule has 1 saturated heterocycles. The maximum atomic E-state index is 13.8. The number of unbranched alkanes of at least 4 members (excludes halogenated alkanes) is 2. The van der Waals surface area contributed by atoms with Crippen molar-refractivity contribution < 1.29 is 28.9 Å². The number of fused-ring (bicyclic) bond motifs is 2. The van der Waals surface area contributed by atoms with E-state index in [0.717, 1.165) is 35.3 Å². The summed E-state index contributed by atoms with van der Waals surface area (Å²) in [6.07, 6.45) is 3.74. The zero-order chi connectivity index (χ0) is 31.0. The van der Waals surface area contributed by atoms with Gasteiger partial charge in [0.2, 0.25) is 0 Å². The van der Waals surface area contributed by atoms with E-state index in [1.807, 2.05) is 19.9 Å². The molecule has 2 aliphatic rings. The number of nitrogens with zero attached hydrogens (tertiary/aromatic N) is 2. The number of ketones is 1. The summed E-state index contributed by atoms with van der Waals surface area (Å²) < 4.78 is 18.6. The van der Waals surface area contributed by atoms with Gasteiger partial charge in [0.15, 0.2) is 16.6 Å². The van der Waals surface area contributed by atoms with E-state index in [-0.39, 0.29) is 17.4 Å². The van der Waals surface area contributed by atoms with Gasteiger partial charge in [-0.05, 0) is 79.9 Å². The Labute approximate surface area is 264 Å². The van der Waals surface area contributed by atoms with E-state index < -0.39 is 17.7 Å². The van der Waals surface area contributed by atoms with Gasteiger partial charge in [0, 0.05) is 17.0 Å². The Hall–Kier alpha value is -4.08. The van der Waals surface area contributed by atoms with Crippen LogP contribution in [0, 0.1) is 0 Å². The summed E-state index contributed by atoms with van der Waals surface area (Å²) >= 11 is 7.48. The minimum absolute atomic E-state index is 0.0141. The predicted molar refractivity (Wildman–Crippen MR) is 172 cm³/mol. The number of carbonyl (C=O) groups excluding carboxylic acids is 2. The van der Waals surface area contributed by atoms with Gasteiger partial charge in [0.05, 0.1) is 35.0 Å². The van der Waals surface area contributed by atoms with Gasteiger partial charge < -0.3 is 19.3 Å². The summed E-state index contributed by atoms with van der Waals surface area (Å²) in [5, 5.41) is 12.6. The fourth-order valence-electron chi connectivity index (χ4n) is 5.68. The fourth-order valence-corrected chi connectivity index (χ4v) is 6.94. The van der Waals surface area contributed by atoms with Gasteiger partial charge in [-0.1, -0.05) is 48.8 Å². The Kier molecular flexibility index (Phi) is 8.51. The second-order valence-electron chi connectivity index (χ2n) is 10.9. The lowest BCUT2D eigenvalue weighted by Gasteiger charge is -2.24. The first-order valence-electron chi connectivity index (χ1n) is 14.9. The summed E-state index contributed by atoms with van der Waals surface area (Å²) in [6.45, 7) is 6.92. The number of benzene rings is 3. The second-order valence-corrected chi connectivity index (χ2v) is 12.4. The first-order chi connectivity index (χ1) is 21.3. The quantitative estimate of drug-likeness (QED) is 0.0822. The molecule has 1 amide bonds. The minimum Gasteiger partial charge on any atom is -0.507 e. The smallest absolute Gasteiger partial charge is 0.301 e. The second kappa shape index (κ2) is 12.5. The topological polar surface area (TPSA) is 98.2 Å². The minimum atomic E-state index is -0.970. The summed E-state index contributed by atoms with van der Waals surface area (Å²) in [5.41, 5.74) is 2.55. The van der Waals surface area contributed by atoms with E-state index in [2.05, 4.69) is 11.9 Å². The third kappa shape index (κ3) is 5.62. The molecule has 1 N–H and O–H groups in total. The number of aromatic nitrogens is 1. The Balaban J connectivity index is 1.49. The molecular weight excluding hydrogens is 600 g/mol. The van der Waals surface area contributed by atoms with Gasteiger partial charge in [-0.3, -0.25) is 14.5 Å². The molecule has 1 aromatic heterocycles. The highest BCUT2D eigenvalue weighted by molar-refractivity contribution is 7.22. The number of hydrogen-bond donors (Lipinski definition) is 1. The van der Waals surface area contributed by atoms with Crippen molar-refractivity contribution in [1.29, 1.82) is 0 Å². The van der Waals surface area contributed by atoms with Crippen molar-refractivity contribution in [3.05, 3.63) is 81.9 Å². The fraction of sp³-hybridized carbons (Fsp3) is 0.324. The Morgan fingerprint density at radius 3 is 2.70 bits per heavy atom. The predicted octanol–water partition coefficient (Wildman–Crippen LogP) is 7.87. The molecule has 4 aromatic rings. The molecule has 0 radical (unpaired) electrons. The lowest BCUT2D eigenvalue weighted by Crippen LogP contribution is -2.29. The van der Waals surface area contributed by atoms with Gasteiger partial charge >= 0.3 is 5.91 Å². The molecule has 2 aliphatic heterocycles. The number of anilines is 1. The summed E-state index contributed by atoms with van der Waals surface area (Å²) in [6, 6.07) is 15.0. The maximum absolute atomic E-state index is 13.8. The van der Waals surface area contributed by atoms with Crippen molar-refractivity contribution in [3.8, 4) is 17.2 Å². The summed E-state index contributed by atoms with van der Waals surface area (Å²) in [7, 11) is 0. The number of ether oxygens (including phenoxy) is 3. The molecule has 44 heavy (non-hydrogen) atoms.